The van der Waals surface area contributed by atoms with Gasteiger partial charge < -0.3 is 9.80 Å². The smallest absolute Gasteiger partial charge is 0.261 e. The number of carbonyl (C=O) groups is 4. The van der Waals surface area contributed by atoms with E-state index in [2.05, 4.69) is 0 Å². The van der Waals surface area contributed by atoms with Crippen molar-refractivity contribution in [2.45, 2.75) is 38.6 Å². The molecule has 4 amide bonds. The third-order valence-corrected chi connectivity index (χ3v) is 7.22. The van der Waals surface area contributed by atoms with Crippen molar-refractivity contribution >= 4 is 23.6 Å². The largest absolute Gasteiger partial charge is 0.342 e. The Morgan fingerprint density at radius 1 is 0.735 bits per heavy atom. The van der Waals surface area contributed by atoms with Gasteiger partial charge in [0.2, 0.25) is 5.91 Å². The van der Waals surface area contributed by atoms with Gasteiger partial charge >= 0.3 is 0 Å². The van der Waals surface area contributed by atoms with Crippen LogP contribution in [0.2, 0.25) is 0 Å². The van der Waals surface area contributed by atoms with E-state index in [1.807, 2.05) is 9.80 Å². The van der Waals surface area contributed by atoms with Gasteiger partial charge in [-0.3, -0.25) is 24.1 Å². The molecule has 0 unspecified atom stereocenters. The van der Waals surface area contributed by atoms with Crippen LogP contribution in [0, 0.1) is 5.92 Å². The molecule has 2 saturated heterocycles. The van der Waals surface area contributed by atoms with Gasteiger partial charge in [0.05, 0.1) is 17.7 Å². The molecule has 2 aromatic carbocycles. The van der Waals surface area contributed by atoms with Crippen molar-refractivity contribution in [3.05, 3.63) is 70.8 Å². The molecule has 3 aliphatic rings. The lowest BCUT2D eigenvalue weighted by Gasteiger charge is -2.35. The summed E-state index contributed by atoms with van der Waals surface area (Å²) in [7, 11) is 0. The van der Waals surface area contributed by atoms with E-state index in [4.69, 9.17) is 0 Å². The van der Waals surface area contributed by atoms with Crippen LogP contribution in [0.3, 0.4) is 0 Å². The lowest BCUT2D eigenvalue weighted by Crippen LogP contribution is -2.45. The molecular formula is C27H29N3O4. The summed E-state index contributed by atoms with van der Waals surface area (Å²) >= 11 is 0. The molecule has 34 heavy (non-hydrogen) atoms. The number of piperidine rings is 2. The molecule has 3 heterocycles. The van der Waals surface area contributed by atoms with Crippen molar-refractivity contribution in [3.8, 4) is 0 Å². The highest BCUT2D eigenvalue weighted by Crippen LogP contribution is 2.25. The van der Waals surface area contributed by atoms with Gasteiger partial charge in [-0.15, -0.1) is 0 Å². The van der Waals surface area contributed by atoms with Crippen molar-refractivity contribution in [1.29, 1.82) is 0 Å². The number of amides is 4. The standard InChI is InChI=1S/C27H29N3O4/c31-24(29-16-12-21(13-17-29)25(32)28-14-4-1-5-15-28)20-10-8-19(9-11-20)18-30-26(33)22-6-2-3-7-23(22)27(30)34/h2-3,6-11,21H,1,4-5,12-18H2. The van der Waals surface area contributed by atoms with Crippen molar-refractivity contribution in [3.63, 3.8) is 0 Å². The van der Waals surface area contributed by atoms with Crippen LogP contribution in [-0.4, -0.2) is 64.5 Å². The maximum absolute atomic E-state index is 13.0. The summed E-state index contributed by atoms with van der Waals surface area (Å²) in [5.74, 6) is -0.352. The molecule has 0 N–H and O–H groups in total. The molecule has 176 valence electrons. The summed E-state index contributed by atoms with van der Waals surface area (Å²) in [4.78, 5) is 56.0. The van der Waals surface area contributed by atoms with Crippen LogP contribution < -0.4 is 0 Å². The van der Waals surface area contributed by atoms with E-state index in [-0.39, 0.29) is 36.1 Å². The zero-order valence-electron chi connectivity index (χ0n) is 19.2. The molecule has 0 atom stereocenters. The quantitative estimate of drug-likeness (QED) is 0.657. The Balaban J connectivity index is 1.17. The van der Waals surface area contributed by atoms with E-state index in [1.54, 1.807) is 48.5 Å². The third kappa shape index (κ3) is 4.22. The molecule has 5 rings (SSSR count). The summed E-state index contributed by atoms with van der Waals surface area (Å²) in [5.41, 5.74) is 2.23. The van der Waals surface area contributed by atoms with Crippen LogP contribution in [0.4, 0.5) is 0 Å². The van der Waals surface area contributed by atoms with Crippen LogP contribution in [0.1, 0.15) is 68.7 Å². The molecule has 3 aliphatic heterocycles. The average molecular weight is 460 g/mol. The van der Waals surface area contributed by atoms with E-state index >= 15 is 0 Å². The number of carbonyl (C=O) groups excluding carboxylic acids is 4. The lowest BCUT2D eigenvalue weighted by molar-refractivity contribution is -0.137. The molecule has 7 nitrogen and oxygen atoms in total. The Kier molecular flexibility index (Phi) is 6.18. The number of benzene rings is 2. The Morgan fingerprint density at radius 3 is 1.91 bits per heavy atom. The van der Waals surface area contributed by atoms with E-state index in [0.29, 0.717) is 42.6 Å². The van der Waals surface area contributed by atoms with E-state index in [0.717, 1.165) is 31.5 Å². The summed E-state index contributed by atoms with van der Waals surface area (Å²) in [6.45, 7) is 3.07. The summed E-state index contributed by atoms with van der Waals surface area (Å²) in [5, 5.41) is 0. The number of hydrogen-bond acceptors (Lipinski definition) is 4. The first-order chi connectivity index (χ1) is 16.5. The molecule has 2 fully saturated rings. The minimum Gasteiger partial charge on any atom is -0.342 e. The topological polar surface area (TPSA) is 78.0 Å². The van der Waals surface area contributed by atoms with Gasteiger partial charge in [0.25, 0.3) is 17.7 Å². The Bertz CT molecular complexity index is 1080. The lowest BCUT2D eigenvalue weighted by atomic mass is 9.94. The van der Waals surface area contributed by atoms with Crippen LogP contribution in [0.25, 0.3) is 0 Å². The summed E-state index contributed by atoms with van der Waals surface area (Å²) < 4.78 is 0. The second-order valence-corrected chi connectivity index (χ2v) is 9.39. The van der Waals surface area contributed by atoms with Crippen molar-refractivity contribution in [2.24, 2.45) is 5.92 Å². The molecule has 0 aliphatic carbocycles. The van der Waals surface area contributed by atoms with E-state index in [9.17, 15) is 19.2 Å². The molecule has 0 radical (unpaired) electrons. The fourth-order valence-corrected chi connectivity index (χ4v) is 5.20. The van der Waals surface area contributed by atoms with Gasteiger partial charge in [0.15, 0.2) is 0 Å². The molecule has 2 aromatic rings. The van der Waals surface area contributed by atoms with Gasteiger partial charge in [0, 0.05) is 37.7 Å². The van der Waals surface area contributed by atoms with Crippen LogP contribution in [0.5, 0.6) is 0 Å². The van der Waals surface area contributed by atoms with Gasteiger partial charge in [-0.2, -0.15) is 0 Å². The monoisotopic (exact) mass is 459 g/mol. The minimum atomic E-state index is -0.289. The van der Waals surface area contributed by atoms with Gasteiger partial charge in [-0.05, 0) is 61.9 Å². The summed E-state index contributed by atoms with van der Waals surface area (Å²) in [6.07, 6.45) is 4.80. The van der Waals surface area contributed by atoms with Crippen molar-refractivity contribution in [1.82, 2.24) is 14.7 Å². The van der Waals surface area contributed by atoms with Crippen molar-refractivity contribution in [2.75, 3.05) is 26.2 Å². The molecule has 0 spiro atoms. The maximum atomic E-state index is 13.0. The first-order valence-electron chi connectivity index (χ1n) is 12.1. The van der Waals surface area contributed by atoms with Crippen molar-refractivity contribution < 1.29 is 19.2 Å². The second-order valence-electron chi connectivity index (χ2n) is 9.39. The molecule has 0 bridgehead atoms. The van der Waals surface area contributed by atoms with E-state index < -0.39 is 0 Å². The predicted octanol–water partition coefficient (Wildman–Crippen LogP) is 3.35. The highest BCUT2D eigenvalue weighted by molar-refractivity contribution is 6.21. The zero-order valence-corrected chi connectivity index (χ0v) is 19.2. The fourth-order valence-electron chi connectivity index (χ4n) is 5.20. The maximum Gasteiger partial charge on any atom is 0.261 e. The minimum absolute atomic E-state index is 0.0178. The Labute approximate surface area is 199 Å². The molecule has 0 aromatic heterocycles. The van der Waals surface area contributed by atoms with Gasteiger partial charge in [-0.1, -0.05) is 24.3 Å². The Morgan fingerprint density at radius 2 is 1.32 bits per heavy atom. The highest BCUT2D eigenvalue weighted by Gasteiger charge is 2.35. The number of rotatable bonds is 4. The fraction of sp³-hybridized carbons (Fsp3) is 0.407. The first kappa shape index (κ1) is 22.3. The first-order valence-corrected chi connectivity index (χ1v) is 12.1. The van der Waals surface area contributed by atoms with Gasteiger partial charge in [0.1, 0.15) is 0 Å². The normalized spacial score (nSPS) is 18.9. The molecule has 0 saturated carbocycles. The number of likely N-dealkylation sites (tertiary alicyclic amines) is 2. The SMILES string of the molecule is O=C(c1ccc(CN2C(=O)c3ccccc3C2=O)cc1)N1CCC(C(=O)N2CCCCC2)CC1. The summed E-state index contributed by atoms with van der Waals surface area (Å²) in [6, 6.07) is 13.9. The highest BCUT2D eigenvalue weighted by atomic mass is 16.2. The van der Waals surface area contributed by atoms with Crippen LogP contribution >= 0.6 is 0 Å². The number of fused-ring (bicyclic) bond motifs is 1. The number of imide groups is 1. The average Bonchev–Trinajstić information content (AvgIpc) is 3.14. The third-order valence-electron chi connectivity index (χ3n) is 7.22. The van der Waals surface area contributed by atoms with E-state index in [1.165, 1.54) is 11.3 Å². The zero-order chi connectivity index (χ0) is 23.7. The molecule has 7 heteroatoms. The van der Waals surface area contributed by atoms with Crippen LogP contribution in [-0.2, 0) is 11.3 Å². The number of nitrogens with zero attached hydrogens (tertiary/aromatic N) is 3. The number of hydrogen-bond donors (Lipinski definition) is 0. The predicted molar refractivity (Wildman–Crippen MR) is 126 cm³/mol. The van der Waals surface area contributed by atoms with Gasteiger partial charge in [-0.25, -0.2) is 0 Å². The molecular weight excluding hydrogens is 430 g/mol. The Hall–Kier alpha value is -3.48. The second kappa shape index (κ2) is 9.41. The van der Waals surface area contributed by atoms with Crippen LogP contribution in [0.15, 0.2) is 48.5 Å².